The Morgan fingerprint density at radius 3 is 2.78 bits per heavy atom. The summed E-state index contributed by atoms with van der Waals surface area (Å²) in [6, 6.07) is 17.1. The summed E-state index contributed by atoms with van der Waals surface area (Å²) in [6.45, 7) is 0.763. The van der Waals surface area contributed by atoms with Gasteiger partial charge in [0.05, 0.1) is 5.52 Å². The highest BCUT2D eigenvalue weighted by atomic mass is 16.5. The number of rotatable bonds is 5. The van der Waals surface area contributed by atoms with Crippen LogP contribution in [0.25, 0.3) is 10.9 Å². The van der Waals surface area contributed by atoms with E-state index in [1.807, 2.05) is 48.5 Å². The first-order valence-electron chi connectivity index (χ1n) is 9.69. The van der Waals surface area contributed by atoms with Gasteiger partial charge in [0.2, 0.25) is 0 Å². The first kappa shape index (κ1) is 17.5. The minimum absolute atomic E-state index is 0.0365. The smallest absolute Gasteiger partial charge is 0.251 e. The Labute approximate surface area is 159 Å². The second-order valence-corrected chi connectivity index (χ2v) is 7.17. The normalized spacial score (nSPS) is 14.8. The van der Waals surface area contributed by atoms with E-state index in [0.29, 0.717) is 17.2 Å². The van der Waals surface area contributed by atoms with E-state index in [0.717, 1.165) is 23.2 Å². The number of nitrogens with one attached hydrogen (secondary N) is 1. The third-order valence-electron chi connectivity index (χ3n) is 5.21. The number of para-hydroxylation sites is 1. The topological polar surface area (TPSA) is 51.2 Å². The molecule has 1 aliphatic rings. The van der Waals surface area contributed by atoms with Crippen LogP contribution in [0, 0.1) is 5.92 Å². The van der Waals surface area contributed by atoms with Crippen LogP contribution in [0.5, 0.6) is 11.5 Å². The van der Waals surface area contributed by atoms with Gasteiger partial charge in [-0.2, -0.15) is 0 Å². The summed E-state index contributed by atoms with van der Waals surface area (Å²) >= 11 is 0. The highest BCUT2D eigenvalue weighted by molar-refractivity contribution is 5.94. The van der Waals surface area contributed by atoms with Crippen LogP contribution in [-0.2, 0) is 0 Å². The average molecular weight is 360 g/mol. The standard InChI is InChI=1S/C23H24N2O2/c26-23(25-16-17-7-2-1-3-8-17)18-9-6-10-19(15-18)27-22-13-14-24-21-12-5-4-11-20(21)22/h4-6,9-15,17H,1-3,7-8,16H2,(H,25,26). The summed E-state index contributed by atoms with van der Waals surface area (Å²) in [7, 11) is 0. The van der Waals surface area contributed by atoms with Crippen molar-refractivity contribution in [3.8, 4) is 11.5 Å². The van der Waals surface area contributed by atoms with Crippen LogP contribution in [0.2, 0.25) is 0 Å². The van der Waals surface area contributed by atoms with Crippen LogP contribution in [0.3, 0.4) is 0 Å². The van der Waals surface area contributed by atoms with Gasteiger partial charge in [-0.15, -0.1) is 0 Å². The summed E-state index contributed by atoms with van der Waals surface area (Å²) in [5.74, 6) is 1.97. The lowest BCUT2D eigenvalue weighted by Crippen LogP contribution is -2.30. The molecule has 1 aromatic heterocycles. The lowest BCUT2D eigenvalue weighted by Gasteiger charge is -2.21. The number of ether oxygens (including phenoxy) is 1. The minimum Gasteiger partial charge on any atom is -0.457 e. The van der Waals surface area contributed by atoms with Crippen molar-refractivity contribution in [2.75, 3.05) is 6.54 Å². The highest BCUT2D eigenvalue weighted by Gasteiger charge is 2.15. The molecule has 0 unspecified atom stereocenters. The summed E-state index contributed by atoms with van der Waals surface area (Å²) in [5.41, 5.74) is 1.51. The van der Waals surface area contributed by atoms with E-state index in [1.165, 1.54) is 32.1 Å². The molecule has 0 bridgehead atoms. The van der Waals surface area contributed by atoms with Gasteiger partial charge >= 0.3 is 0 Å². The van der Waals surface area contributed by atoms with Gasteiger partial charge in [-0.25, -0.2) is 0 Å². The Hall–Kier alpha value is -2.88. The van der Waals surface area contributed by atoms with Gasteiger partial charge in [0, 0.05) is 23.7 Å². The molecule has 1 heterocycles. The predicted molar refractivity (Wildman–Crippen MR) is 107 cm³/mol. The SMILES string of the molecule is O=C(NCC1CCCCC1)c1cccc(Oc2ccnc3ccccc23)c1. The molecule has 3 aromatic rings. The third kappa shape index (κ3) is 4.27. The zero-order chi connectivity index (χ0) is 18.5. The molecule has 0 aliphatic heterocycles. The van der Waals surface area contributed by atoms with Gasteiger partial charge in [0.15, 0.2) is 0 Å². The van der Waals surface area contributed by atoms with Crippen molar-refractivity contribution in [1.29, 1.82) is 0 Å². The largest absolute Gasteiger partial charge is 0.457 e. The molecule has 1 N–H and O–H groups in total. The number of fused-ring (bicyclic) bond motifs is 1. The number of benzene rings is 2. The molecular formula is C23H24N2O2. The fraction of sp³-hybridized carbons (Fsp3) is 0.304. The van der Waals surface area contributed by atoms with Crippen LogP contribution in [-0.4, -0.2) is 17.4 Å². The maximum atomic E-state index is 12.5. The zero-order valence-corrected chi connectivity index (χ0v) is 15.4. The Kier molecular flexibility index (Phi) is 5.33. The number of carbonyl (C=O) groups is 1. The lowest BCUT2D eigenvalue weighted by atomic mass is 9.89. The van der Waals surface area contributed by atoms with Gasteiger partial charge in [-0.3, -0.25) is 9.78 Å². The van der Waals surface area contributed by atoms with Crippen molar-refractivity contribution in [2.24, 2.45) is 5.92 Å². The molecule has 0 radical (unpaired) electrons. The van der Waals surface area contributed by atoms with E-state index in [2.05, 4.69) is 10.3 Å². The number of pyridine rings is 1. The highest BCUT2D eigenvalue weighted by Crippen LogP contribution is 2.29. The zero-order valence-electron chi connectivity index (χ0n) is 15.4. The van der Waals surface area contributed by atoms with E-state index in [4.69, 9.17) is 4.74 Å². The quantitative estimate of drug-likeness (QED) is 0.668. The molecule has 1 saturated carbocycles. The van der Waals surface area contributed by atoms with Gasteiger partial charge in [-0.05, 0) is 55.2 Å². The Bertz CT molecular complexity index is 927. The van der Waals surface area contributed by atoms with Crippen LogP contribution in [0.1, 0.15) is 42.5 Å². The molecule has 0 spiro atoms. The molecule has 0 saturated heterocycles. The van der Waals surface area contributed by atoms with Crippen LogP contribution in [0.4, 0.5) is 0 Å². The molecule has 4 heteroatoms. The third-order valence-corrected chi connectivity index (χ3v) is 5.21. The van der Waals surface area contributed by atoms with Gasteiger partial charge in [0.25, 0.3) is 5.91 Å². The van der Waals surface area contributed by atoms with Crippen molar-refractivity contribution in [3.05, 3.63) is 66.4 Å². The molecule has 1 amide bonds. The van der Waals surface area contributed by atoms with E-state index in [1.54, 1.807) is 12.3 Å². The number of amides is 1. The fourth-order valence-corrected chi connectivity index (χ4v) is 3.72. The Balaban J connectivity index is 1.46. The van der Waals surface area contributed by atoms with E-state index in [-0.39, 0.29) is 5.91 Å². The van der Waals surface area contributed by atoms with E-state index >= 15 is 0 Å². The molecule has 27 heavy (non-hydrogen) atoms. The van der Waals surface area contributed by atoms with Gasteiger partial charge in [-0.1, -0.05) is 37.5 Å². The number of hydrogen-bond donors (Lipinski definition) is 1. The number of nitrogens with zero attached hydrogens (tertiary/aromatic N) is 1. The van der Waals surface area contributed by atoms with Crippen molar-refractivity contribution in [2.45, 2.75) is 32.1 Å². The lowest BCUT2D eigenvalue weighted by molar-refractivity contribution is 0.0943. The van der Waals surface area contributed by atoms with Crippen molar-refractivity contribution >= 4 is 16.8 Å². The van der Waals surface area contributed by atoms with Crippen LogP contribution in [0.15, 0.2) is 60.8 Å². The van der Waals surface area contributed by atoms with Gasteiger partial charge < -0.3 is 10.1 Å². The molecule has 1 fully saturated rings. The van der Waals surface area contributed by atoms with Gasteiger partial charge in [0.1, 0.15) is 11.5 Å². The second-order valence-electron chi connectivity index (χ2n) is 7.17. The number of hydrogen-bond acceptors (Lipinski definition) is 3. The van der Waals surface area contributed by atoms with Crippen molar-refractivity contribution in [1.82, 2.24) is 10.3 Å². The van der Waals surface area contributed by atoms with Crippen LogP contribution >= 0.6 is 0 Å². The Morgan fingerprint density at radius 1 is 1.04 bits per heavy atom. The number of aromatic nitrogens is 1. The molecule has 138 valence electrons. The summed E-state index contributed by atoms with van der Waals surface area (Å²) in [4.78, 5) is 16.9. The average Bonchev–Trinajstić information content (AvgIpc) is 2.73. The van der Waals surface area contributed by atoms with Crippen LogP contribution < -0.4 is 10.1 Å². The number of carbonyl (C=O) groups excluding carboxylic acids is 1. The second kappa shape index (κ2) is 8.21. The van der Waals surface area contributed by atoms with Crippen molar-refractivity contribution in [3.63, 3.8) is 0 Å². The molecular weight excluding hydrogens is 336 g/mol. The van der Waals surface area contributed by atoms with E-state index in [9.17, 15) is 4.79 Å². The summed E-state index contributed by atoms with van der Waals surface area (Å²) in [6.07, 6.45) is 8.07. The molecule has 1 aliphatic carbocycles. The molecule has 4 nitrogen and oxygen atoms in total. The van der Waals surface area contributed by atoms with Crippen molar-refractivity contribution < 1.29 is 9.53 Å². The maximum absolute atomic E-state index is 12.5. The molecule has 0 atom stereocenters. The van der Waals surface area contributed by atoms with E-state index < -0.39 is 0 Å². The summed E-state index contributed by atoms with van der Waals surface area (Å²) in [5, 5.41) is 4.04. The predicted octanol–water partition coefficient (Wildman–Crippen LogP) is 5.34. The monoisotopic (exact) mass is 360 g/mol. The minimum atomic E-state index is -0.0365. The maximum Gasteiger partial charge on any atom is 0.251 e. The first-order valence-corrected chi connectivity index (χ1v) is 9.69. The Morgan fingerprint density at radius 2 is 1.89 bits per heavy atom. The summed E-state index contributed by atoms with van der Waals surface area (Å²) < 4.78 is 6.06. The molecule has 4 rings (SSSR count). The fourth-order valence-electron chi connectivity index (χ4n) is 3.72. The first-order chi connectivity index (χ1) is 13.3. The molecule has 2 aromatic carbocycles.